The number of rotatable bonds is 71. The number of hydrogen-bond acceptors (Lipinski definition) is 9. The van der Waals surface area contributed by atoms with Gasteiger partial charge in [-0.1, -0.05) is 394 Å². The zero-order valence-corrected chi connectivity index (χ0v) is 58.4. The number of ether oxygens (including phenoxy) is 4. The van der Waals surface area contributed by atoms with Gasteiger partial charge in [0.05, 0.1) is 0 Å². The number of aliphatic hydroxyl groups is 1. The second-order valence-electron chi connectivity index (χ2n) is 26.8. The summed E-state index contributed by atoms with van der Waals surface area (Å²) in [5.41, 5.74) is 0. The molecule has 0 aromatic carbocycles. The van der Waals surface area contributed by atoms with Crippen LogP contribution >= 0.6 is 0 Å². The largest absolute Gasteiger partial charge is 0.456 e. The first kappa shape index (κ1) is 83.8. The first-order valence-corrected chi connectivity index (χ1v) is 38.7. The Morgan fingerprint density at radius 2 is 0.349 bits per heavy atom. The minimum atomic E-state index is -3.17. The summed E-state index contributed by atoms with van der Waals surface area (Å²) in [5.74, 6) is -8.71. The van der Waals surface area contributed by atoms with E-state index in [1.165, 1.54) is 283 Å². The van der Waals surface area contributed by atoms with Crippen molar-refractivity contribution in [3.8, 4) is 0 Å². The highest BCUT2D eigenvalue weighted by atomic mass is 16.9. The van der Waals surface area contributed by atoms with E-state index in [0.717, 1.165) is 77.0 Å². The Hall–Kier alpha value is -2.16. The highest BCUT2D eigenvalue weighted by Gasteiger charge is 2.64. The van der Waals surface area contributed by atoms with Crippen LogP contribution in [0.4, 0.5) is 0 Å². The highest BCUT2D eigenvalue weighted by molar-refractivity contribution is 5.74. The molecule has 510 valence electrons. The van der Waals surface area contributed by atoms with Crippen LogP contribution in [0.3, 0.4) is 0 Å². The van der Waals surface area contributed by atoms with E-state index in [0.29, 0.717) is 25.7 Å². The predicted octanol–water partition coefficient (Wildman–Crippen LogP) is 25.3. The lowest BCUT2D eigenvalue weighted by atomic mass is 10.0. The van der Waals surface area contributed by atoms with Crippen molar-refractivity contribution >= 4 is 23.9 Å². The molecule has 0 fully saturated rings. The fraction of sp³-hybridized carbons (Fsp3) is 0.948. The van der Waals surface area contributed by atoms with Crippen LogP contribution in [0.1, 0.15) is 458 Å². The average Bonchev–Trinajstić information content (AvgIpc) is 0.945. The maximum atomic E-state index is 14.0. The van der Waals surface area contributed by atoms with Crippen LogP contribution in [0.2, 0.25) is 0 Å². The van der Waals surface area contributed by atoms with Crippen molar-refractivity contribution in [3.63, 3.8) is 0 Å². The molecule has 0 atom stereocenters. The molecule has 0 aliphatic heterocycles. The summed E-state index contributed by atoms with van der Waals surface area (Å²) in [6, 6.07) is 0. The van der Waals surface area contributed by atoms with E-state index >= 15 is 0 Å². The Bertz CT molecular complexity index is 1350. The fourth-order valence-electron chi connectivity index (χ4n) is 12.4. The van der Waals surface area contributed by atoms with Gasteiger partial charge in [-0.25, -0.2) is 0 Å². The van der Waals surface area contributed by atoms with Crippen molar-refractivity contribution in [1.29, 1.82) is 0 Å². The zero-order valence-electron chi connectivity index (χ0n) is 58.4. The summed E-state index contributed by atoms with van der Waals surface area (Å²) in [6.07, 6.45) is 71.4. The number of hydrogen-bond donors (Lipinski definition) is 1. The van der Waals surface area contributed by atoms with Gasteiger partial charge in [0.15, 0.2) is 0 Å². The Morgan fingerprint density at radius 1 is 0.209 bits per heavy atom. The third-order valence-electron chi connectivity index (χ3n) is 18.1. The van der Waals surface area contributed by atoms with Crippen molar-refractivity contribution in [1.82, 2.24) is 0 Å². The molecule has 1 N–H and O–H groups in total. The molecule has 0 aromatic rings. The fourth-order valence-corrected chi connectivity index (χ4v) is 12.4. The van der Waals surface area contributed by atoms with Crippen molar-refractivity contribution in [3.05, 3.63) is 0 Å². The Morgan fingerprint density at radius 3 is 0.500 bits per heavy atom. The minimum absolute atomic E-state index is 0.0243. The first-order valence-electron chi connectivity index (χ1n) is 38.7. The monoisotopic (exact) mass is 1220 g/mol. The molecule has 0 aliphatic rings. The maximum Gasteiger partial charge on any atom is 0.456 e. The standard InChI is InChI=1S/C77H148O9/c1-6-11-15-19-23-27-31-35-39-43-47-51-55-59-63-67-72(78)83-76(71-10-5,84-73(79)68-64-60-56-52-48-44-40-36-32-28-24-20-16-12-7-2)77(82,85-74(80)69-65-61-57-53-49-45-41-37-33-29-25-21-17-13-8-3)86-75(81)70-66-62-58-54-50-46-42-38-34-30-26-22-18-14-9-4/h82H,6-71H2,1-5H3. The molecule has 0 heterocycles. The summed E-state index contributed by atoms with van der Waals surface area (Å²) in [5, 5.41) is 12.7. The summed E-state index contributed by atoms with van der Waals surface area (Å²) in [4.78, 5) is 55.9. The van der Waals surface area contributed by atoms with E-state index in [1.54, 1.807) is 0 Å². The molecule has 9 heteroatoms. The third-order valence-corrected chi connectivity index (χ3v) is 18.1. The quantitative estimate of drug-likeness (QED) is 0.0360. The molecular weight excluding hydrogens is 1070 g/mol. The zero-order chi connectivity index (χ0) is 62.8. The van der Waals surface area contributed by atoms with Gasteiger partial charge in [0.1, 0.15) is 0 Å². The van der Waals surface area contributed by atoms with Crippen molar-refractivity contribution < 1.29 is 43.2 Å². The van der Waals surface area contributed by atoms with E-state index in [4.69, 9.17) is 18.9 Å². The van der Waals surface area contributed by atoms with Gasteiger partial charge in [0.25, 0.3) is 0 Å². The molecule has 9 nitrogen and oxygen atoms in total. The molecule has 0 spiro atoms. The van der Waals surface area contributed by atoms with Crippen molar-refractivity contribution in [2.24, 2.45) is 0 Å². The maximum absolute atomic E-state index is 14.0. The average molecular weight is 1220 g/mol. The van der Waals surface area contributed by atoms with Crippen LogP contribution in [0, 0.1) is 0 Å². The number of carbonyl (C=O) groups is 4. The van der Waals surface area contributed by atoms with Gasteiger partial charge in [-0.15, -0.1) is 0 Å². The Labute approximate surface area is 534 Å². The van der Waals surface area contributed by atoms with Crippen LogP contribution in [-0.2, 0) is 38.1 Å². The van der Waals surface area contributed by atoms with E-state index in [2.05, 4.69) is 27.7 Å². The SMILES string of the molecule is CCCCCCCCCCCCCCCCCC(=O)OC(O)(OC(=O)CCCCCCCCCCCCCCCCC)C(CCC)(OC(=O)CCCCCCCCCCCCCCCCC)OC(=O)CCCCCCCCCCCCCCCCC. The van der Waals surface area contributed by atoms with E-state index in [-0.39, 0.29) is 38.5 Å². The van der Waals surface area contributed by atoms with Gasteiger partial charge in [0.2, 0.25) is 0 Å². The van der Waals surface area contributed by atoms with Gasteiger partial charge in [-0.05, 0) is 32.1 Å². The Balaban J connectivity index is 5.86. The Kier molecular flexibility index (Phi) is 64.1. The highest BCUT2D eigenvalue weighted by Crippen LogP contribution is 2.38. The summed E-state index contributed by atoms with van der Waals surface area (Å²) >= 11 is 0. The molecule has 0 bridgehead atoms. The molecule has 0 saturated heterocycles. The lowest BCUT2D eigenvalue weighted by molar-refractivity contribution is -0.444. The van der Waals surface area contributed by atoms with Crippen LogP contribution in [0.25, 0.3) is 0 Å². The number of unbranched alkanes of at least 4 members (excludes halogenated alkanes) is 56. The number of esters is 4. The van der Waals surface area contributed by atoms with Crippen LogP contribution < -0.4 is 0 Å². The van der Waals surface area contributed by atoms with Gasteiger partial charge in [0, 0.05) is 32.1 Å². The van der Waals surface area contributed by atoms with E-state index in [1.807, 2.05) is 6.92 Å². The molecule has 0 saturated carbocycles. The normalized spacial score (nSPS) is 11.8. The van der Waals surface area contributed by atoms with E-state index in [9.17, 15) is 24.3 Å². The molecule has 86 heavy (non-hydrogen) atoms. The van der Waals surface area contributed by atoms with Crippen molar-refractivity contribution in [2.45, 2.75) is 470 Å². The van der Waals surface area contributed by atoms with Gasteiger partial charge in [-0.3, -0.25) is 19.2 Å². The molecule has 0 aromatic heterocycles. The van der Waals surface area contributed by atoms with Gasteiger partial charge in [-0.2, -0.15) is 0 Å². The molecule has 0 aliphatic carbocycles. The van der Waals surface area contributed by atoms with Gasteiger partial charge >= 0.3 is 35.6 Å². The van der Waals surface area contributed by atoms with Crippen molar-refractivity contribution in [2.75, 3.05) is 0 Å². The first-order chi connectivity index (χ1) is 42.1. The smallest absolute Gasteiger partial charge is 0.412 e. The van der Waals surface area contributed by atoms with Crippen LogP contribution in [-0.4, -0.2) is 40.7 Å². The molecular formula is C77H148O9. The molecule has 0 unspecified atom stereocenters. The lowest BCUT2D eigenvalue weighted by Gasteiger charge is -2.41. The topological polar surface area (TPSA) is 125 Å². The minimum Gasteiger partial charge on any atom is -0.412 e. The summed E-state index contributed by atoms with van der Waals surface area (Å²) in [6.45, 7) is 10.9. The van der Waals surface area contributed by atoms with E-state index < -0.39 is 35.6 Å². The number of carbonyl (C=O) groups excluding carboxylic acids is 4. The summed E-state index contributed by atoms with van der Waals surface area (Å²) in [7, 11) is 0. The van der Waals surface area contributed by atoms with Gasteiger partial charge < -0.3 is 24.1 Å². The molecule has 0 radical (unpaired) electrons. The van der Waals surface area contributed by atoms with Crippen LogP contribution in [0.15, 0.2) is 0 Å². The second-order valence-corrected chi connectivity index (χ2v) is 26.8. The summed E-state index contributed by atoms with van der Waals surface area (Å²) < 4.78 is 24.0. The molecule has 0 amide bonds. The predicted molar refractivity (Wildman–Crippen MR) is 365 cm³/mol. The second kappa shape index (κ2) is 65.8. The lowest BCUT2D eigenvalue weighted by Crippen LogP contribution is -2.63. The van der Waals surface area contributed by atoms with Crippen LogP contribution in [0.5, 0.6) is 0 Å². The third kappa shape index (κ3) is 54.7. The molecule has 0 rings (SSSR count).